The van der Waals surface area contributed by atoms with Gasteiger partial charge in [0.15, 0.2) is 0 Å². The smallest absolute Gasteiger partial charge is 0.144 e. The molecule has 0 radical (unpaired) electrons. The van der Waals surface area contributed by atoms with Gasteiger partial charge in [0.05, 0.1) is 11.6 Å². The van der Waals surface area contributed by atoms with Gasteiger partial charge in [-0.05, 0) is 35.1 Å². The Kier molecular flexibility index (Phi) is 11.3. The molecule has 5 nitrogen and oxygen atoms in total. The van der Waals surface area contributed by atoms with Gasteiger partial charge in [-0.2, -0.15) is 0 Å². The van der Waals surface area contributed by atoms with Crippen molar-refractivity contribution in [1.82, 2.24) is 0 Å². The molecule has 5 heteroatoms. The summed E-state index contributed by atoms with van der Waals surface area (Å²) in [4.78, 5) is 26.0. The van der Waals surface area contributed by atoms with Gasteiger partial charge in [0.25, 0.3) is 0 Å². The van der Waals surface area contributed by atoms with Gasteiger partial charge in [0.1, 0.15) is 11.6 Å². The lowest BCUT2D eigenvalue weighted by Gasteiger charge is -2.25. The normalized spacial score (nSPS) is 15.3. The Bertz CT molecular complexity index is 1090. The number of nitrogens with two attached hydrogens (primary N) is 1. The van der Waals surface area contributed by atoms with E-state index in [4.69, 9.17) is 11.1 Å². The number of allylic oxidation sites excluding steroid dienone is 1. The highest BCUT2D eigenvalue weighted by atomic mass is 16.3. The van der Waals surface area contributed by atoms with Crippen LogP contribution >= 0.6 is 0 Å². The Balaban J connectivity index is 2.07. The Labute approximate surface area is 222 Å². The van der Waals surface area contributed by atoms with Crippen molar-refractivity contribution in [3.05, 3.63) is 83.1 Å². The van der Waals surface area contributed by atoms with Crippen LogP contribution in [-0.4, -0.2) is 22.5 Å². The summed E-state index contributed by atoms with van der Waals surface area (Å²) in [6.45, 7) is 13.5. The molecule has 0 aliphatic rings. The molecule has 0 saturated heterocycles. The highest BCUT2D eigenvalue weighted by molar-refractivity contribution is 5.88. The summed E-state index contributed by atoms with van der Waals surface area (Å²) in [5.74, 6) is -0.711. The van der Waals surface area contributed by atoms with Crippen LogP contribution in [0.25, 0.3) is 0 Å². The average Bonchev–Trinajstić information content (AvgIpc) is 2.88. The molecule has 4 N–H and O–H groups in total. The molecule has 0 spiro atoms. The van der Waals surface area contributed by atoms with E-state index in [1.54, 1.807) is 0 Å². The van der Waals surface area contributed by atoms with Gasteiger partial charge in [-0.3, -0.25) is 15.0 Å². The first-order chi connectivity index (χ1) is 17.5. The lowest BCUT2D eigenvalue weighted by molar-refractivity contribution is -0.127. The fourth-order valence-corrected chi connectivity index (χ4v) is 4.77. The molecular formula is C32H44N2O3. The number of hydrogen-bond acceptors (Lipinski definition) is 4. The maximum atomic E-state index is 13.0. The second kappa shape index (κ2) is 13.9. The van der Waals surface area contributed by atoms with Crippen LogP contribution in [-0.2, 0) is 22.4 Å². The van der Waals surface area contributed by atoms with Crippen molar-refractivity contribution >= 4 is 17.4 Å². The summed E-state index contributed by atoms with van der Waals surface area (Å²) in [7, 11) is 0. The van der Waals surface area contributed by atoms with Gasteiger partial charge in [-0.25, -0.2) is 0 Å². The summed E-state index contributed by atoms with van der Waals surface area (Å²) < 4.78 is 0. The van der Waals surface area contributed by atoms with Crippen molar-refractivity contribution < 1.29 is 14.7 Å². The SMILES string of the molecule is C=C(O)C(Cc1ccc(C(C)C(=O)Cc2cccc(C(C)C(=N)N)c2)cc1)C(C)C(=O)C(C)CCCC. The van der Waals surface area contributed by atoms with Gasteiger partial charge in [0.2, 0.25) is 0 Å². The van der Waals surface area contributed by atoms with E-state index >= 15 is 0 Å². The number of benzene rings is 2. The maximum Gasteiger partial charge on any atom is 0.144 e. The molecular weight excluding hydrogens is 460 g/mol. The molecule has 2 rings (SSSR count). The number of carbonyl (C=O) groups is 2. The highest BCUT2D eigenvalue weighted by Gasteiger charge is 2.29. The van der Waals surface area contributed by atoms with Crippen LogP contribution in [0.1, 0.15) is 88.0 Å². The molecule has 0 saturated carbocycles. The predicted octanol–water partition coefficient (Wildman–Crippen LogP) is 6.90. The molecule has 0 heterocycles. The Morgan fingerprint density at radius 2 is 1.62 bits per heavy atom. The van der Waals surface area contributed by atoms with Crippen LogP contribution in [0.15, 0.2) is 60.9 Å². The van der Waals surface area contributed by atoms with Crippen LogP contribution in [0.5, 0.6) is 0 Å². The van der Waals surface area contributed by atoms with Crippen LogP contribution in [0, 0.1) is 23.2 Å². The first-order valence-corrected chi connectivity index (χ1v) is 13.4. The van der Waals surface area contributed by atoms with Crippen molar-refractivity contribution in [3.63, 3.8) is 0 Å². The average molecular weight is 505 g/mol. The third kappa shape index (κ3) is 8.41. The number of unbranched alkanes of at least 4 members (excludes halogenated alkanes) is 1. The fourth-order valence-electron chi connectivity index (χ4n) is 4.77. The van der Waals surface area contributed by atoms with Gasteiger partial charge in [0, 0.05) is 36.0 Å². The van der Waals surface area contributed by atoms with E-state index in [0.717, 1.165) is 41.5 Å². The zero-order valence-electron chi connectivity index (χ0n) is 23.1. The van der Waals surface area contributed by atoms with E-state index in [-0.39, 0.29) is 52.8 Å². The van der Waals surface area contributed by atoms with Gasteiger partial charge in [-0.15, -0.1) is 0 Å². The molecule has 0 aromatic heterocycles. The second-order valence-electron chi connectivity index (χ2n) is 10.6. The molecule has 0 bridgehead atoms. The summed E-state index contributed by atoms with van der Waals surface area (Å²) in [6.07, 6.45) is 3.77. The minimum atomic E-state index is -0.342. The number of hydrogen-bond donors (Lipinski definition) is 3. The standard InChI is InChI=1S/C32H44N2O3/c1-7-8-10-20(2)31(37)23(5)29(24(6)35)18-25-13-15-27(16-14-25)21(3)30(36)19-26-11-9-12-28(17-26)22(4)32(33)34/h9,11-17,20-23,29,35H,6-8,10,18-19H2,1-5H3,(H3,33,34). The Hall–Kier alpha value is -3.21. The molecule has 37 heavy (non-hydrogen) atoms. The zero-order chi connectivity index (χ0) is 27.7. The van der Waals surface area contributed by atoms with E-state index < -0.39 is 0 Å². The molecule has 0 aliphatic heterocycles. The number of rotatable bonds is 15. The quantitative estimate of drug-likeness (QED) is 0.139. The number of aliphatic hydroxyl groups excluding tert-OH is 1. The molecule has 5 unspecified atom stereocenters. The molecule has 5 atom stereocenters. The van der Waals surface area contributed by atoms with Crippen molar-refractivity contribution in [2.75, 3.05) is 0 Å². The topological polar surface area (TPSA) is 104 Å². The van der Waals surface area contributed by atoms with E-state index in [9.17, 15) is 14.7 Å². The van der Waals surface area contributed by atoms with Crippen LogP contribution in [0.4, 0.5) is 0 Å². The van der Waals surface area contributed by atoms with E-state index in [2.05, 4.69) is 13.5 Å². The van der Waals surface area contributed by atoms with Gasteiger partial charge >= 0.3 is 0 Å². The summed E-state index contributed by atoms with van der Waals surface area (Å²) >= 11 is 0. The zero-order valence-corrected chi connectivity index (χ0v) is 23.1. The minimum Gasteiger partial charge on any atom is -0.513 e. The van der Waals surface area contributed by atoms with Crippen LogP contribution < -0.4 is 5.73 Å². The van der Waals surface area contributed by atoms with Crippen molar-refractivity contribution in [2.24, 2.45) is 23.5 Å². The van der Waals surface area contributed by atoms with Crippen molar-refractivity contribution in [2.45, 2.75) is 78.6 Å². The summed E-state index contributed by atoms with van der Waals surface area (Å²) in [6, 6.07) is 15.6. The number of ketones is 2. The number of Topliss-reactive ketones (excluding diaryl/α,β-unsaturated/α-hetero) is 2. The Morgan fingerprint density at radius 1 is 0.973 bits per heavy atom. The van der Waals surface area contributed by atoms with Gasteiger partial charge in [-0.1, -0.05) is 103 Å². The van der Waals surface area contributed by atoms with Gasteiger partial charge < -0.3 is 10.8 Å². The lowest BCUT2D eigenvalue weighted by atomic mass is 9.79. The fraction of sp³-hybridized carbons (Fsp3) is 0.469. The van der Waals surface area contributed by atoms with Crippen molar-refractivity contribution in [1.29, 1.82) is 5.41 Å². The summed E-state index contributed by atoms with van der Waals surface area (Å²) in [5.41, 5.74) is 9.42. The van der Waals surface area contributed by atoms with E-state index in [0.29, 0.717) is 12.8 Å². The second-order valence-corrected chi connectivity index (χ2v) is 10.6. The lowest BCUT2D eigenvalue weighted by Crippen LogP contribution is -2.28. The monoisotopic (exact) mass is 504 g/mol. The molecule has 0 fully saturated rings. The number of nitrogens with one attached hydrogen (secondary N) is 1. The first kappa shape index (κ1) is 30.0. The maximum absolute atomic E-state index is 13.0. The third-order valence-corrected chi connectivity index (χ3v) is 7.67. The molecule has 0 amide bonds. The number of aliphatic hydroxyl groups is 1. The number of amidine groups is 1. The molecule has 2 aromatic rings. The molecule has 200 valence electrons. The highest BCUT2D eigenvalue weighted by Crippen LogP contribution is 2.28. The van der Waals surface area contributed by atoms with Crippen LogP contribution in [0.3, 0.4) is 0 Å². The minimum absolute atomic E-state index is 0.0302. The summed E-state index contributed by atoms with van der Waals surface area (Å²) in [5, 5.41) is 18.0. The van der Waals surface area contributed by atoms with E-state index in [1.165, 1.54) is 0 Å². The third-order valence-electron chi connectivity index (χ3n) is 7.67. The predicted molar refractivity (Wildman–Crippen MR) is 152 cm³/mol. The van der Waals surface area contributed by atoms with E-state index in [1.807, 2.05) is 76.2 Å². The molecule has 2 aromatic carbocycles. The van der Waals surface area contributed by atoms with Crippen molar-refractivity contribution in [3.8, 4) is 0 Å². The largest absolute Gasteiger partial charge is 0.513 e. The molecule has 0 aliphatic carbocycles. The first-order valence-electron chi connectivity index (χ1n) is 13.4. The van der Waals surface area contributed by atoms with Crippen LogP contribution in [0.2, 0.25) is 0 Å². The Morgan fingerprint density at radius 3 is 2.19 bits per heavy atom. The number of carbonyl (C=O) groups excluding carboxylic acids is 2.